The van der Waals surface area contributed by atoms with Crippen LogP contribution in [0, 0.1) is 5.82 Å². The van der Waals surface area contributed by atoms with E-state index in [1.165, 1.54) is 19.1 Å². The lowest BCUT2D eigenvalue weighted by molar-refractivity contribution is -0.139. The van der Waals surface area contributed by atoms with Crippen LogP contribution in [0.3, 0.4) is 0 Å². The van der Waals surface area contributed by atoms with Gasteiger partial charge in [-0.2, -0.15) is 0 Å². The molecule has 1 N–H and O–H groups in total. The summed E-state index contributed by atoms with van der Waals surface area (Å²) in [5.41, 5.74) is 2.71. The third-order valence-corrected chi connectivity index (χ3v) is 4.93. The number of carbonyl (C=O) groups excluding carboxylic acids is 2. The summed E-state index contributed by atoms with van der Waals surface area (Å²) in [5, 5.41) is 2.96. The van der Waals surface area contributed by atoms with E-state index in [2.05, 4.69) is 5.32 Å². The van der Waals surface area contributed by atoms with Crippen molar-refractivity contribution in [2.45, 2.75) is 32.5 Å². The maximum Gasteiger partial charge on any atom is 0.243 e. The summed E-state index contributed by atoms with van der Waals surface area (Å²) in [5.74, 6) is -0.773. The van der Waals surface area contributed by atoms with Gasteiger partial charge in [-0.15, -0.1) is 0 Å². The topological polar surface area (TPSA) is 49.4 Å². The summed E-state index contributed by atoms with van der Waals surface area (Å²) in [4.78, 5) is 27.2. The van der Waals surface area contributed by atoms with Gasteiger partial charge in [0.05, 0.1) is 0 Å². The third kappa shape index (κ3) is 6.01. The molecule has 154 valence electrons. The van der Waals surface area contributed by atoms with E-state index in [9.17, 15) is 14.0 Å². The first-order valence-electron chi connectivity index (χ1n) is 9.90. The zero-order chi connectivity index (χ0) is 21.3. The van der Waals surface area contributed by atoms with E-state index in [1.807, 2.05) is 60.7 Å². The van der Waals surface area contributed by atoms with Gasteiger partial charge in [-0.25, -0.2) is 4.39 Å². The molecule has 0 saturated heterocycles. The highest BCUT2D eigenvalue weighted by Gasteiger charge is 2.28. The molecular formula is C25H25FN2O2. The molecule has 0 bridgehead atoms. The number of benzene rings is 3. The molecule has 3 rings (SSSR count). The molecule has 0 aliphatic carbocycles. The van der Waals surface area contributed by atoms with E-state index >= 15 is 0 Å². The van der Waals surface area contributed by atoms with Crippen LogP contribution in [0.2, 0.25) is 0 Å². The number of carbonyl (C=O) groups is 2. The maximum absolute atomic E-state index is 13.3. The maximum atomic E-state index is 13.3. The summed E-state index contributed by atoms with van der Waals surface area (Å²) in [7, 11) is 0. The number of rotatable bonds is 8. The summed E-state index contributed by atoms with van der Waals surface area (Å²) < 4.78 is 13.3. The van der Waals surface area contributed by atoms with Crippen molar-refractivity contribution in [2.75, 3.05) is 0 Å². The van der Waals surface area contributed by atoms with Crippen molar-refractivity contribution in [3.05, 3.63) is 107 Å². The number of hydrogen-bond acceptors (Lipinski definition) is 2. The van der Waals surface area contributed by atoms with E-state index in [0.29, 0.717) is 13.0 Å². The Hall–Kier alpha value is -3.47. The zero-order valence-electron chi connectivity index (χ0n) is 16.9. The minimum absolute atomic E-state index is 0.213. The SMILES string of the molecule is CC(=O)N(Cc1ccc(F)cc1)[C@H](Cc1ccccc1)C(=O)NCc1ccccc1. The summed E-state index contributed by atoms with van der Waals surface area (Å²) in [6.45, 7) is 2.06. The Balaban J connectivity index is 1.82. The van der Waals surface area contributed by atoms with E-state index in [1.54, 1.807) is 17.0 Å². The molecule has 0 unspecified atom stereocenters. The van der Waals surface area contributed by atoms with Gasteiger partial charge in [0.15, 0.2) is 0 Å². The molecule has 3 aromatic carbocycles. The minimum atomic E-state index is -0.682. The molecule has 0 heterocycles. The highest BCUT2D eigenvalue weighted by molar-refractivity contribution is 5.87. The largest absolute Gasteiger partial charge is 0.350 e. The fraction of sp³-hybridized carbons (Fsp3) is 0.200. The van der Waals surface area contributed by atoms with Gasteiger partial charge in [-0.3, -0.25) is 9.59 Å². The first-order valence-corrected chi connectivity index (χ1v) is 9.90. The molecule has 0 spiro atoms. The van der Waals surface area contributed by atoms with Gasteiger partial charge in [-0.05, 0) is 28.8 Å². The number of hydrogen-bond donors (Lipinski definition) is 1. The number of amides is 2. The van der Waals surface area contributed by atoms with Crippen LogP contribution >= 0.6 is 0 Å². The van der Waals surface area contributed by atoms with Crippen molar-refractivity contribution in [1.82, 2.24) is 10.2 Å². The van der Waals surface area contributed by atoms with Crippen LogP contribution in [-0.4, -0.2) is 22.8 Å². The van der Waals surface area contributed by atoms with Crippen molar-refractivity contribution >= 4 is 11.8 Å². The van der Waals surface area contributed by atoms with Gasteiger partial charge < -0.3 is 10.2 Å². The van der Waals surface area contributed by atoms with Gasteiger partial charge >= 0.3 is 0 Å². The molecular weight excluding hydrogens is 379 g/mol. The van der Waals surface area contributed by atoms with Crippen molar-refractivity contribution in [3.63, 3.8) is 0 Å². The quantitative estimate of drug-likeness (QED) is 0.615. The Morgan fingerprint density at radius 3 is 1.97 bits per heavy atom. The van der Waals surface area contributed by atoms with E-state index < -0.39 is 6.04 Å². The molecule has 5 heteroatoms. The molecule has 0 radical (unpaired) electrons. The molecule has 0 aromatic heterocycles. The minimum Gasteiger partial charge on any atom is -0.350 e. The predicted molar refractivity (Wildman–Crippen MR) is 115 cm³/mol. The van der Waals surface area contributed by atoms with E-state index in [0.717, 1.165) is 16.7 Å². The first-order chi connectivity index (χ1) is 14.5. The van der Waals surface area contributed by atoms with Crippen LogP contribution in [0.15, 0.2) is 84.9 Å². The van der Waals surface area contributed by atoms with Crippen LogP contribution in [0.1, 0.15) is 23.6 Å². The Kier molecular flexibility index (Phi) is 7.33. The lowest BCUT2D eigenvalue weighted by Crippen LogP contribution is -2.49. The second-order valence-electron chi connectivity index (χ2n) is 7.18. The summed E-state index contributed by atoms with van der Waals surface area (Å²) in [6, 6.07) is 24.5. The Bertz CT molecular complexity index is 959. The van der Waals surface area contributed by atoms with Crippen LogP contribution in [0.5, 0.6) is 0 Å². The van der Waals surface area contributed by atoms with Crippen LogP contribution < -0.4 is 5.32 Å². The monoisotopic (exact) mass is 404 g/mol. The lowest BCUT2D eigenvalue weighted by atomic mass is 10.0. The van der Waals surface area contributed by atoms with Crippen molar-refractivity contribution < 1.29 is 14.0 Å². The van der Waals surface area contributed by atoms with Crippen LogP contribution in [0.25, 0.3) is 0 Å². The standard InChI is InChI=1S/C25H25FN2O2/c1-19(29)28(18-22-12-14-23(26)15-13-22)24(16-20-8-4-2-5-9-20)25(30)27-17-21-10-6-3-7-11-21/h2-15,24H,16-18H2,1H3,(H,27,30)/t24-/m1/s1. The Morgan fingerprint density at radius 1 is 0.833 bits per heavy atom. The van der Waals surface area contributed by atoms with Gasteiger partial charge in [0.2, 0.25) is 11.8 Å². The highest BCUT2D eigenvalue weighted by atomic mass is 19.1. The fourth-order valence-electron chi connectivity index (χ4n) is 3.31. The molecule has 0 saturated carbocycles. The number of nitrogens with zero attached hydrogens (tertiary/aromatic N) is 1. The summed E-state index contributed by atoms with van der Waals surface area (Å²) >= 11 is 0. The molecule has 0 aliphatic heterocycles. The molecule has 0 aliphatic rings. The van der Waals surface area contributed by atoms with E-state index in [4.69, 9.17) is 0 Å². The normalized spacial score (nSPS) is 11.5. The van der Waals surface area contributed by atoms with Gasteiger partial charge in [0.25, 0.3) is 0 Å². The first kappa shape index (κ1) is 21.2. The average Bonchev–Trinajstić information content (AvgIpc) is 2.77. The van der Waals surface area contributed by atoms with Gasteiger partial charge in [0, 0.05) is 26.4 Å². The molecule has 3 aromatic rings. The predicted octanol–water partition coefficient (Wildman–Crippen LogP) is 4.10. The van der Waals surface area contributed by atoms with Crippen LogP contribution in [-0.2, 0) is 29.1 Å². The zero-order valence-corrected chi connectivity index (χ0v) is 16.9. The molecule has 4 nitrogen and oxygen atoms in total. The Morgan fingerprint density at radius 2 is 1.40 bits per heavy atom. The highest BCUT2D eigenvalue weighted by Crippen LogP contribution is 2.15. The third-order valence-electron chi connectivity index (χ3n) is 4.93. The van der Waals surface area contributed by atoms with Crippen molar-refractivity contribution in [1.29, 1.82) is 0 Å². The Labute approximate surface area is 176 Å². The summed E-state index contributed by atoms with van der Waals surface area (Å²) in [6.07, 6.45) is 0.391. The second kappa shape index (κ2) is 10.3. The van der Waals surface area contributed by atoms with E-state index in [-0.39, 0.29) is 24.2 Å². The van der Waals surface area contributed by atoms with Gasteiger partial charge in [0.1, 0.15) is 11.9 Å². The molecule has 30 heavy (non-hydrogen) atoms. The van der Waals surface area contributed by atoms with Crippen molar-refractivity contribution in [3.8, 4) is 0 Å². The molecule has 2 amide bonds. The smallest absolute Gasteiger partial charge is 0.243 e. The van der Waals surface area contributed by atoms with Crippen LogP contribution in [0.4, 0.5) is 4.39 Å². The van der Waals surface area contributed by atoms with Gasteiger partial charge in [-0.1, -0.05) is 72.8 Å². The average molecular weight is 404 g/mol. The lowest BCUT2D eigenvalue weighted by Gasteiger charge is -2.30. The number of halogens is 1. The second-order valence-corrected chi connectivity index (χ2v) is 7.18. The fourth-order valence-corrected chi connectivity index (χ4v) is 3.31. The number of nitrogens with one attached hydrogen (secondary N) is 1. The molecule has 0 fully saturated rings. The molecule has 1 atom stereocenters. The van der Waals surface area contributed by atoms with Crippen molar-refractivity contribution in [2.24, 2.45) is 0 Å².